The number of nitro groups is 1. The number of halogens is 1. The maximum absolute atomic E-state index is 12.3. The van der Waals surface area contributed by atoms with Gasteiger partial charge in [0.25, 0.3) is 5.91 Å². The van der Waals surface area contributed by atoms with Crippen LogP contribution in [0.15, 0.2) is 16.5 Å². The first-order valence-corrected chi connectivity index (χ1v) is 7.42. The SMILES string of the molecule is Cl.NC1CCOC2(CCN(C(=O)c3ccc([N+](=O)[O-])o3)CC2)C1. The molecular formula is C14H20ClN3O5. The van der Waals surface area contributed by atoms with Gasteiger partial charge in [0.05, 0.1) is 11.7 Å². The Kier molecular flexibility index (Phi) is 5.28. The van der Waals surface area contributed by atoms with Gasteiger partial charge in [0.15, 0.2) is 5.76 Å². The predicted molar refractivity (Wildman–Crippen MR) is 83.6 cm³/mol. The number of rotatable bonds is 2. The Morgan fingerprint density at radius 1 is 1.39 bits per heavy atom. The van der Waals surface area contributed by atoms with Crippen LogP contribution in [-0.2, 0) is 4.74 Å². The minimum absolute atomic E-state index is 0. The molecule has 2 fully saturated rings. The quantitative estimate of drug-likeness (QED) is 0.645. The van der Waals surface area contributed by atoms with Crippen LogP contribution in [0.4, 0.5) is 5.88 Å². The molecule has 0 aliphatic carbocycles. The van der Waals surface area contributed by atoms with Crippen molar-refractivity contribution in [1.82, 2.24) is 4.90 Å². The second kappa shape index (κ2) is 6.86. The van der Waals surface area contributed by atoms with Crippen LogP contribution in [0.3, 0.4) is 0 Å². The number of hydrogen-bond donors (Lipinski definition) is 1. The molecule has 0 bridgehead atoms. The van der Waals surface area contributed by atoms with Crippen LogP contribution in [-0.4, -0.2) is 47.1 Å². The lowest BCUT2D eigenvalue weighted by Crippen LogP contribution is -2.53. The summed E-state index contributed by atoms with van der Waals surface area (Å²) in [4.78, 5) is 23.9. The molecule has 23 heavy (non-hydrogen) atoms. The molecule has 1 atom stereocenters. The van der Waals surface area contributed by atoms with Gasteiger partial charge in [-0.2, -0.15) is 0 Å². The van der Waals surface area contributed by atoms with E-state index in [1.54, 1.807) is 4.90 Å². The van der Waals surface area contributed by atoms with Crippen LogP contribution in [0, 0.1) is 10.1 Å². The van der Waals surface area contributed by atoms with Crippen molar-refractivity contribution < 1.29 is 18.9 Å². The second-order valence-electron chi connectivity index (χ2n) is 5.97. The van der Waals surface area contributed by atoms with Crippen LogP contribution in [0.2, 0.25) is 0 Å². The first kappa shape index (κ1) is 17.7. The van der Waals surface area contributed by atoms with Crippen molar-refractivity contribution in [2.24, 2.45) is 5.73 Å². The molecule has 1 unspecified atom stereocenters. The number of amides is 1. The third kappa shape index (κ3) is 3.65. The fourth-order valence-corrected chi connectivity index (χ4v) is 3.23. The van der Waals surface area contributed by atoms with Crippen molar-refractivity contribution in [3.05, 3.63) is 28.0 Å². The number of ether oxygens (including phenoxy) is 1. The van der Waals surface area contributed by atoms with E-state index in [4.69, 9.17) is 14.9 Å². The number of carbonyl (C=O) groups is 1. The molecule has 0 saturated carbocycles. The summed E-state index contributed by atoms with van der Waals surface area (Å²) in [6.07, 6.45) is 3.16. The van der Waals surface area contributed by atoms with E-state index < -0.39 is 10.8 Å². The number of likely N-dealkylation sites (tertiary alicyclic amines) is 1. The van der Waals surface area contributed by atoms with Gasteiger partial charge < -0.3 is 19.8 Å². The van der Waals surface area contributed by atoms with Crippen LogP contribution < -0.4 is 5.73 Å². The molecule has 128 valence electrons. The maximum Gasteiger partial charge on any atom is 0.433 e. The fourth-order valence-electron chi connectivity index (χ4n) is 3.23. The highest BCUT2D eigenvalue weighted by Crippen LogP contribution is 2.35. The van der Waals surface area contributed by atoms with E-state index in [1.807, 2.05) is 0 Å². The summed E-state index contributed by atoms with van der Waals surface area (Å²) >= 11 is 0. The third-order valence-corrected chi connectivity index (χ3v) is 4.48. The van der Waals surface area contributed by atoms with Gasteiger partial charge >= 0.3 is 5.88 Å². The fraction of sp³-hybridized carbons (Fsp3) is 0.643. The lowest BCUT2D eigenvalue weighted by atomic mass is 9.82. The van der Waals surface area contributed by atoms with E-state index in [9.17, 15) is 14.9 Å². The highest BCUT2D eigenvalue weighted by Gasteiger charge is 2.40. The van der Waals surface area contributed by atoms with Gasteiger partial charge in [0.1, 0.15) is 4.92 Å². The van der Waals surface area contributed by atoms with E-state index in [0.717, 1.165) is 25.7 Å². The summed E-state index contributed by atoms with van der Waals surface area (Å²) in [5, 5.41) is 10.6. The Bertz CT molecular complexity index is 583. The van der Waals surface area contributed by atoms with Crippen molar-refractivity contribution in [2.75, 3.05) is 19.7 Å². The zero-order chi connectivity index (χ0) is 15.7. The maximum atomic E-state index is 12.3. The molecule has 2 N–H and O–H groups in total. The molecule has 1 spiro atoms. The number of piperidine rings is 1. The minimum atomic E-state index is -0.654. The Balaban J connectivity index is 0.00000192. The molecule has 0 radical (unpaired) electrons. The van der Waals surface area contributed by atoms with Gasteiger partial charge in [-0.3, -0.25) is 14.9 Å². The highest BCUT2D eigenvalue weighted by atomic mass is 35.5. The van der Waals surface area contributed by atoms with E-state index in [0.29, 0.717) is 19.7 Å². The topological polar surface area (TPSA) is 112 Å². The predicted octanol–water partition coefficient (Wildman–Crippen LogP) is 1.72. The van der Waals surface area contributed by atoms with E-state index >= 15 is 0 Å². The molecule has 0 aromatic carbocycles. The van der Waals surface area contributed by atoms with Crippen molar-refractivity contribution in [1.29, 1.82) is 0 Å². The van der Waals surface area contributed by atoms with Gasteiger partial charge in [-0.1, -0.05) is 0 Å². The van der Waals surface area contributed by atoms with E-state index in [-0.39, 0.29) is 35.7 Å². The van der Waals surface area contributed by atoms with Crippen LogP contribution in [0.25, 0.3) is 0 Å². The van der Waals surface area contributed by atoms with Crippen molar-refractivity contribution in [3.63, 3.8) is 0 Å². The summed E-state index contributed by atoms with van der Waals surface area (Å²) < 4.78 is 10.9. The average molecular weight is 346 g/mol. The largest absolute Gasteiger partial charge is 0.433 e. The lowest BCUT2D eigenvalue weighted by molar-refractivity contribution is -0.402. The molecule has 2 aliphatic rings. The molecular weight excluding hydrogens is 326 g/mol. The van der Waals surface area contributed by atoms with Crippen LogP contribution >= 0.6 is 12.4 Å². The van der Waals surface area contributed by atoms with Gasteiger partial charge in [0, 0.05) is 25.7 Å². The third-order valence-electron chi connectivity index (χ3n) is 4.48. The van der Waals surface area contributed by atoms with Crippen LogP contribution in [0.5, 0.6) is 0 Å². The summed E-state index contributed by atoms with van der Waals surface area (Å²) in [6, 6.07) is 2.70. The Morgan fingerprint density at radius 3 is 2.65 bits per heavy atom. The first-order valence-electron chi connectivity index (χ1n) is 7.42. The minimum Gasteiger partial charge on any atom is -0.395 e. The average Bonchev–Trinajstić information content (AvgIpc) is 2.97. The zero-order valence-electron chi connectivity index (χ0n) is 12.6. The number of carbonyl (C=O) groups excluding carboxylic acids is 1. The first-order chi connectivity index (χ1) is 10.5. The molecule has 2 saturated heterocycles. The highest BCUT2D eigenvalue weighted by molar-refractivity contribution is 5.91. The van der Waals surface area contributed by atoms with E-state index in [1.165, 1.54) is 12.1 Å². The number of hydrogen-bond acceptors (Lipinski definition) is 6. The number of furan rings is 1. The summed E-state index contributed by atoms with van der Waals surface area (Å²) in [5.41, 5.74) is 5.80. The summed E-state index contributed by atoms with van der Waals surface area (Å²) in [7, 11) is 0. The van der Waals surface area contributed by atoms with Crippen molar-refractivity contribution >= 4 is 24.2 Å². The monoisotopic (exact) mass is 345 g/mol. The molecule has 1 aromatic heterocycles. The number of nitrogens with two attached hydrogens (primary N) is 1. The summed E-state index contributed by atoms with van der Waals surface area (Å²) in [6.45, 7) is 1.75. The lowest BCUT2D eigenvalue weighted by Gasteiger charge is -2.45. The molecule has 1 amide bonds. The molecule has 3 rings (SSSR count). The zero-order valence-corrected chi connectivity index (χ0v) is 13.4. The van der Waals surface area contributed by atoms with Gasteiger partial charge in [-0.25, -0.2) is 0 Å². The normalized spacial score (nSPS) is 23.3. The Labute approximate surface area is 139 Å². The van der Waals surface area contributed by atoms with E-state index in [2.05, 4.69) is 0 Å². The van der Waals surface area contributed by atoms with Crippen molar-refractivity contribution in [2.45, 2.75) is 37.3 Å². The summed E-state index contributed by atoms with van der Waals surface area (Å²) in [5.74, 6) is -0.731. The number of nitrogens with zero attached hydrogens (tertiary/aromatic N) is 2. The van der Waals surface area contributed by atoms with Gasteiger partial charge in [-0.05, 0) is 31.7 Å². The van der Waals surface area contributed by atoms with Gasteiger partial charge in [0.2, 0.25) is 0 Å². The Hall–Kier alpha value is -1.64. The molecule has 9 heteroatoms. The molecule has 3 heterocycles. The molecule has 8 nitrogen and oxygen atoms in total. The molecule has 1 aromatic rings. The smallest absolute Gasteiger partial charge is 0.395 e. The van der Waals surface area contributed by atoms with Gasteiger partial charge in [-0.15, -0.1) is 12.4 Å². The van der Waals surface area contributed by atoms with Crippen LogP contribution in [0.1, 0.15) is 36.2 Å². The second-order valence-corrected chi connectivity index (χ2v) is 5.97. The Morgan fingerprint density at radius 2 is 2.09 bits per heavy atom. The molecule has 2 aliphatic heterocycles. The van der Waals surface area contributed by atoms with Crippen molar-refractivity contribution in [3.8, 4) is 0 Å². The standard InChI is InChI=1S/C14H19N3O5.ClH/c15-10-3-8-21-14(9-10)4-6-16(7-5-14)13(18)11-1-2-12(22-11)17(19)20;/h1-2,10H,3-9,15H2;1H.